The Bertz CT molecular complexity index is 1180. The van der Waals surface area contributed by atoms with E-state index in [0.717, 1.165) is 70.7 Å². The van der Waals surface area contributed by atoms with E-state index < -0.39 is 17.4 Å². The van der Waals surface area contributed by atoms with Crippen LogP contribution in [0, 0.1) is 11.6 Å². The SMILES string of the molecule is Oc1cc(F)c(-c2nc3ccc4[nH]ncc4c3c3c2CCCC3)cc1F. The van der Waals surface area contributed by atoms with Gasteiger partial charge in [-0.05, 0) is 55.0 Å². The van der Waals surface area contributed by atoms with Crippen molar-refractivity contribution in [3.05, 3.63) is 53.2 Å². The maximum absolute atomic E-state index is 14.5. The van der Waals surface area contributed by atoms with Crippen LogP contribution in [0.25, 0.3) is 33.1 Å². The zero-order valence-electron chi connectivity index (χ0n) is 13.8. The van der Waals surface area contributed by atoms with Gasteiger partial charge in [0.25, 0.3) is 0 Å². The molecule has 0 spiro atoms. The monoisotopic (exact) mass is 351 g/mol. The number of phenols is 1. The first-order chi connectivity index (χ1) is 12.6. The molecular weight excluding hydrogens is 336 g/mol. The van der Waals surface area contributed by atoms with E-state index in [1.807, 2.05) is 12.1 Å². The quantitative estimate of drug-likeness (QED) is 0.525. The summed E-state index contributed by atoms with van der Waals surface area (Å²) in [5, 5.41) is 18.6. The number of hydrogen-bond acceptors (Lipinski definition) is 3. The molecule has 0 atom stereocenters. The van der Waals surface area contributed by atoms with E-state index in [1.54, 1.807) is 6.20 Å². The minimum absolute atomic E-state index is 0.0904. The normalized spacial score (nSPS) is 14.1. The van der Waals surface area contributed by atoms with Crippen molar-refractivity contribution in [2.45, 2.75) is 25.7 Å². The van der Waals surface area contributed by atoms with E-state index in [4.69, 9.17) is 4.98 Å². The number of nitrogens with zero attached hydrogens (tertiary/aromatic N) is 2. The Hall–Kier alpha value is -3.02. The Kier molecular flexibility index (Phi) is 3.22. The Morgan fingerprint density at radius 3 is 2.65 bits per heavy atom. The summed E-state index contributed by atoms with van der Waals surface area (Å²) < 4.78 is 28.4. The number of aryl methyl sites for hydroxylation is 1. The standard InChI is InChI=1S/C20H15F2N3O/c21-14-8-18(26)15(22)7-12(14)20-11-4-2-1-3-10(11)19-13-9-23-25-16(13)5-6-17(19)24-20/h5-9,26H,1-4H2,(H,23,25). The second-order valence-electron chi connectivity index (χ2n) is 6.70. The number of benzene rings is 2. The van der Waals surface area contributed by atoms with Crippen molar-refractivity contribution >= 4 is 21.8 Å². The highest BCUT2D eigenvalue weighted by molar-refractivity contribution is 6.07. The van der Waals surface area contributed by atoms with Gasteiger partial charge in [0.05, 0.1) is 22.9 Å². The van der Waals surface area contributed by atoms with Gasteiger partial charge in [-0.2, -0.15) is 5.10 Å². The molecular formula is C20H15F2N3O. The Balaban J connectivity index is 1.90. The molecule has 0 radical (unpaired) electrons. The summed E-state index contributed by atoms with van der Waals surface area (Å²) in [5.41, 5.74) is 4.32. The van der Waals surface area contributed by atoms with E-state index in [2.05, 4.69) is 10.2 Å². The Morgan fingerprint density at radius 1 is 1.00 bits per heavy atom. The fourth-order valence-electron chi connectivity index (χ4n) is 3.99. The lowest BCUT2D eigenvalue weighted by atomic mass is 9.85. The highest BCUT2D eigenvalue weighted by Crippen LogP contribution is 2.39. The third kappa shape index (κ3) is 2.11. The van der Waals surface area contributed by atoms with E-state index in [-0.39, 0.29) is 5.56 Å². The molecule has 6 heteroatoms. The minimum atomic E-state index is -0.849. The van der Waals surface area contributed by atoms with Crippen molar-refractivity contribution in [1.29, 1.82) is 0 Å². The second kappa shape index (κ2) is 5.49. The van der Waals surface area contributed by atoms with Crippen LogP contribution in [0.5, 0.6) is 5.75 Å². The highest BCUT2D eigenvalue weighted by atomic mass is 19.1. The molecule has 2 N–H and O–H groups in total. The zero-order chi connectivity index (χ0) is 17.8. The molecule has 5 rings (SSSR count). The zero-order valence-corrected chi connectivity index (χ0v) is 13.8. The number of halogens is 2. The minimum Gasteiger partial charge on any atom is -0.505 e. The first-order valence-corrected chi connectivity index (χ1v) is 8.59. The average molecular weight is 351 g/mol. The summed E-state index contributed by atoms with van der Waals surface area (Å²) in [7, 11) is 0. The third-order valence-electron chi connectivity index (χ3n) is 5.18. The number of pyridine rings is 1. The van der Waals surface area contributed by atoms with Crippen LogP contribution in [0.2, 0.25) is 0 Å². The van der Waals surface area contributed by atoms with Gasteiger partial charge < -0.3 is 5.11 Å². The summed E-state index contributed by atoms with van der Waals surface area (Å²) >= 11 is 0. The van der Waals surface area contributed by atoms with E-state index >= 15 is 0 Å². The van der Waals surface area contributed by atoms with Crippen molar-refractivity contribution in [3.63, 3.8) is 0 Å². The summed E-state index contributed by atoms with van der Waals surface area (Å²) in [6.07, 6.45) is 5.45. The molecule has 0 saturated heterocycles. The lowest BCUT2D eigenvalue weighted by Crippen LogP contribution is -2.08. The molecule has 0 amide bonds. The third-order valence-corrected chi connectivity index (χ3v) is 5.18. The maximum atomic E-state index is 14.5. The van der Waals surface area contributed by atoms with Gasteiger partial charge in [0.15, 0.2) is 11.6 Å². The molecule has 0 aliphatic heterocycles. The van der Waals surface area contributed by atoms with Crippen LogP contribution in [0.3, 0.4) is 0 Å². The van der Waals surface area contributed by atoms with E-state index in [9.17, 15) is 13.9 Å². The van der Waals surface area contributed by atoms with Gasteiger partial charge in [0.2, 0.25) is 0 Å². The molecule has 0 saturated carbocycles. The van der Waals surface area contributed by atoms with Crippen LogP contribution < -0.4 is 0 Å². The number of fused-ring (bicyclic) bond motifs is 5. The fraction of sp³-hybridized carbons (Fsp3) is 0.200. The molecule has 26 heavy (non-hydrogen) atoms. The van der Waals surface area contributed by atoms with Crippen molar-refractivity contribution in [2.75, 3.05) is 0 Å². The number of aromatic amines is 1. The van der Waals surface area contributed by atoms with Crippen LogP contribution in [0.15, 0.2) is 30.5 Å². The van der Waals surface area contributed by atoms with Gasteiger partial charge in [0, 0.05) is 22.4 Å². The second-order valence-corrected chi connectivity index (χ2v) is 6.70. The summed E-state index contributed by atoms with van der Waals surface area (Å²) in [6.45, 7) is 0. The van der Waals surface area contributed by atoms with Crippen LogP contribution >= 0.6 is 0 Å². The topological polar surface area (TPSA) is 61.8 Å². The van der Waals surface area contributed by atoms with Crippen molar-refractivity contribution in [1.82, 2.24) is 15.2 Å². The molecule has 2 aromatic heterocycles. The molecule has 0 unspecified atom stereocenters. The van der Waals surface area contributed by atoms with Gasteiger partial charge in [-0.15, -0.1) is 0 Å². The maximum Gasteiger partial charge on any atom is 0.165 e. The number of rotatable bonds is 1. The van der Waals surface area contributed by atoms with Gasteiger partial charge in [-0.25, -0.2) is 13.8 Å². The van der Waals surface area contributed by atoms with E-state index in [0.29, 0.717) is 5.69 Å². The highest BCUT2D eigenvalue weighted by Gasteiger charge is 2.23. The molecule has 0 fully saturated rings. The largest absolute Gasteiger partial charge is 0.505 e. The molecule has 4 aromatic rings. The van der Waals surface area contributed by atoms with Crippen LogP contribution in [-0.4, -0.2) is 20.3 Å². The molecule has 0 bridgehead atoms. The van der Waals surface area contributed by atoms with Crippen LogP contribution in [-0.2, 0) is 12.8 Å². The van der Waals surface area contributed by atoms with E-state index in [1.165, 1.54) is 0 Å². The van der Waals surface area contributed by atoms with Crippen LogP contribution in [0.1, 0.15) is 24.0 Å². The first kappa shape index (κ1) is 15.3. The number of aromatic nitrogens is 3. The van der Waals surface area contributed by atoms with Crippen molar-refractivity contribution in [3.8, 4) is 17.0 Å². The van der Waals surface area contributed by atoms with Gasteiger partial charge in [-0.3, -0.25) is 5.10 Å². The molecule has 1 aliphatic rings. The number of nitrogens with one attached hydrogen (secondary N) is 1. The number of phenolic OH excluding ortho intramolecular Hbond substituents is 1. The predicted molar refractivity (Wildman–Crippen MR) is 95.1 cm³/mol. The summed E-state index contributed by atoms with van der Waals surface area (Å²) in [6, 6.07) is 5.61. The fourth-order valence-corrected chi connectivity index (χ4v) is 3.99. The van der Waals surface area contributed by atoms with Gasteiger partial charge in [-0.1, -0.05) is 0 Å². The number of H-pyrrole nitrogens is 1. The van der Waals surface area contributed by atoms with Crippen LogP contribution in [0.4, 0.5) is 8.78 Å². The predicted octanol–water partition coefficient (Wildman–Crippen LogP) is 4.64. The van der Waals surface area contributed by atoms with Gasteiger partial charge >= 0.3 is 0 Å². The summed E-state index contributed by atoms with van der Waals surface area (Å²) in [5.74, 6) is -2.22. The lowest BCUT2D eigenvalue weighted by molar-refractivity contribution is 0.427. The lowest BCUT2D eigenvalue weighted by Gasteiger charge is -2.22. The molecule has 1 aliphatic carbocycles. The van der Waals surface area contributed by atoms with Crippen molar-refractivity contribution < 1.29 is 13.9 Å². The number of hydrogen-bond donors (Lipinski definition) is 2. The molecule has 4 nitrogen and oxygen atoms in total. The molecule has 2 aromatic carbocycles. The number of aromatic hydroxyl groups is 1. The molecule has 2 heterocycles. The molecule has 130 valence electrons. The summed E-state index contributed by atoms with van der Waals surface area (Å²) in [4.78, 5) is 4.69. The first-order valence-electron chi connectivity index (χ1n) is 8.59. The Labute approximate surface area is 147 Å². The smallest absolute Gasteiger partial charge is 0.165 e. The van der Waals surface area contributed by atoms with Crippen molar-refractivity contribution in [2.24, 2.45) is 0 Å². The Morgan fingerprint density at radius 2 is 1.81 bits per heavy atom. The van der Waals surface area contributed by atoms with Gasteiger partial charge in [0.1, 0.15) is 5.82 Å². The average Bonchev–Trinajstić information content (AvgIpc) is 3.12.